The van der Waals surface area contributed by atoms with Gasteiger partial charge in [0.05, 0.1) is 0 Å². The molecule has 0 atom stereocenters. The monoisotopic (exact) mass is 216 g/mol. The summed E-state index contributed by atoms with van der Waals surface area (Å²) in [6.45, 7) is 0. The Kier molecular flexibility index (Phi) is 3.20. The Morgan fingerprint density at radius 3 is 2.60 bits per heavy atom. The molecule has 0 fully saturated rings. The smallest absolute Gasteiger partial charge is 0.115 e. The molecule has 0 amide bonds. The number of phenols is 1. The van der Waals surface area contributed by atoms with E-state index in [2.05, 4.69) is 29.0 Å². The van der Waals surface area contributed by atoms with Gasteiger partial charge in [-0.25, -0.2) is 0 Å². The van der Waals surface area contributed by atoms with Crippen LogP contribution in [0.4, 0.5) is 0 Å². The Morgan fingerprint density at radius 1 is 1.13 bits per heavy atom. The average Bonchev–Trinajstić information content (AvgIpc) is 2.74. The second-order valence-corrected chi connectivity index (χ2v) is 4.11. The first-order chi connectivity index (χ1) is 7.34. The summed E-state index contributed by atoms with van der Waals surface area (Å²) in [5, 5.41) is 13.4. The second-order valence-electron chi connectivity index (χ2n) is 3.33. The summed E-state index contributed by atoms with van der Waals surface area (Å²) >= 11 is 1.72. The van der Waals surface area contributed by atoms with Crippen molar-refractivity contribution in [3.63, 3.8) is 0 Å². The van der Waals surface area contributed by atoms with Crippen molar-refractivity contribution in [2.75, 3.05) is 0 Å². The van der Waals surface area contributed by atoms with E-state index in [4.69, 9.17) is 5.11 Å². The van der Waals surface area contributed by atoms with E-state index in [1.54, 1.807) is 23.5 Å². The Labute approximate surface area is 93.3 Å². The number of hydrogen-bond donors (Lipinski definition) is 1. The molecule has 0 bridgehead atoms. The third-order valence-electron chi connectivity index (χ3n) is 2.14. The molecule has 0 saturated carbocycles. The van der Waals surface area contributed by atoms with Crippen LogP contribution < -0.4 is 0 Å². The zero-order valence-electron chi connectivity index (χ0n) is 8.26. The lowest BCUT2D eigenvalue weighted by atomic mass is 10.1. The van der Waals surface area contributed by atoms with Crippen molar-refractivity contribution in [3.05, 3.63) is 58.3 Å². The van der Waals surface area contributed by atoms with Crippen molar-refractivity contribution in [2.45, 2.75) is 6.42 Å². The van der Waals surface area contributed by atoms with Crippen molar-refractivity contribution in [3.8, 4) is 5.75 Å². The summed E-state index contributed by atoms with van der Waals surface area (Å²) < 4.78 is 0. The summed E-state index contributed by atoms with van der Waals surface area (Å²) in [6.07, 6.45) is 5.16. The molecule has 2 heteroatoms. The molecule has 1 nitrogen and oxygen atoms in total. The predicted octanol–water partition coefficient (Wildman–Crippen LogP) is 3.71. The molecule has 2 aromatic rings. The lowest BCUT2D eigenvalue weighted by Crippen LogP contribution is -1.74. The van der Waals surface area contributed by atoms with Gasteiger partial charge in [-0.15, -0.1) is 0 Å². The van der Waals surface area contributed by atoms with Gasteiger partial charge in [0.2, 0.25) is 0 Å². The van der Waals surface area contributed by atoms with E-state index in [1.807, 2.05) is 12.1 Å². The van der Waals surface area contributed by atoms with Gasteiger partial charge in [-0.1, -0.05) is 24.3 Å². The first kappa shape index (κ1) is 9.99. The fraction of sp³-hybridized carbons (Fsp3) is 0.0769. The van der Waals surface area contributed by atoms with E-state index in [1.165, 1.54) is 5.56 Å². The van der Waals surface area contributed by atoms with Crippen LogP contribution in [0.2, 0.25) is 0 Å². The normalized spacial score (nSPS) is 10.9. The largest absolute Gasteiger partial charge is 0.508 e. The van der Waals surface area contributed by atoms with E-state index in [0.717, 1.165) is 12.0 Å². The molecule has 15 heavy (non-hydrogen) atoms. The second kappa shape index (κ2) is 4.80. The van der Waals surface area contributed by atoms with Gasteiger partial charge in [0.25, 0.3) is 0 Å². The molecule has 1 aromatic heterocycles. The SMILES string of the molecule is Oc1ccc(C=CCc2ccsc2)cc1. The van der Waals surface area contributed by atoms with E-state index in [-0.39, 0.29) is 0 Å². The van der Waals surface area contributed by atoms with Crippen LogP contribution in [-0.4, -0.2) is 5.11 Å². The molecule has 76 valence electrons. The van der Waals surface area contributed by atoms with Crippen LogP contribution in [0, 0.1) is 0 Å². The third kappa shape index (κ3) is 2.96. The van der Waals surface area contributed by atoms with E-state index in [0.29, 0.717) is 5.75 Å². The van der Waals surface area contributed by atoms with Gasteiger partial charge in [-0.3, -0.25) is 0 Å². The fourth-order valence-electron chi connectivity index (χ4n) is 1.33. The Hall–Kier alpha value is -1.54. The molecule has 0 aliphatic rings. The quantitative estimate of drug-likeness (QED) is 0.829. The molecule has 1 N–H and O–H groups in total. The summed E-state index contributed by atoms with van der Waals surface area (Å²) in [6, 6.07) is 9.33. The predicted molar refractivity (Wildman–Crippen MR) is 65.2 cm³/mol. The minimum atomic E-state index is 0.310. The molecule has 0 aliphatic carbocycles. The number of aromatic hydroxyl groups is 1. The molecule has 0 unspecified atom stereocenters. The average molecular weight is 216 g/mol. The van der Waals surface area contributed by atoms with E-state index < -0.39 is 0 Å². The van der Waals surface area contributed by atoms with Crippen LogP contribution >= 0.6 is 11.3 Å². The Bertz CT molecular complexity index is 426. The molecule has 0 aliphatic heterocycles. The molecule has 1 aromatic carbocycles. The van der Waals surface area contributed by atoms with Gasteiger partial charge in [-0.2, -0.15) is 11.3 Å². The van der Waals surface area contributed by atoms with Gasteiger partial charge in [0.15, 0.2) is 0 Å². The lowest BCUT2D eigenvalue weighted by Gasteiger charge is -1.93. The number of rotatable bonds is 3. The highest BCUT2D eigenvalue weighted by Gasteiger charge is 1.89. The van der Waals surface area contributed by atoms with E-state index >= 15 is 0 Å². The maximum Gasteiger partial charge on any atom is 0.115 e. The van der Waals surface area contributed by atoms with Gasteiger partial charge in [0, 0.05) is 0 Å². The molecule has 0 spiro atoms. The van der Waals surface area contributed by atoms with Gasteiger partial charge >= 0.3 is 0 Å². The minimum Gasteiger partial charge on any atom is -0.508 e. The number of phenolic OH excluding ortho intramolecular Hbond substituents is 1. The van der Waals surface area contributed by atoms with Crippen LogP contribution in [0.5, 0.6) is 5.75 Å². The van der Waals surface area contributed by atoms with Crippen molar-refractivity contribution >= 4 is 17.4 Å². The molecule has 2 rings (SSSR count). The molecular formula is C13H12OS. The van der Waals surface area contributed by atoms with Gasteiger partial charge in [0.1, 0.15) is 5.75 Å². The highest BCUT2D eigenvalue weighted by molar-refractivity contribution is 7.07. The first-order valence-corrected chi connectivity index (χ1v) is 5.75. The van der Waals surface area contributed by atoms with Crippen LogP contribution in [0.3, 0.4) is 0 Å². The maximum atomic E-state index is 9.11. The van der Waals surface area contributed by atoms with Gasteiger partial charge < -0.3 is 5.11 Å². The summed E-state index contributed by atoms with van der Waals surface area (Å²) in [4.78, 5) is 0. The van der Waals surface area contributed by atoms with Crippen molar-refractivity contribution in [1.29, 1.82) is 0 Å². The topological polar surface area (TPSA) is 20.2 Å². The number of hydrogen-bond acceptors (Lipinski definition) is 2. The minimum absolute atomic E-state index is 0.310. The standard InChI is InChI=1S/C13H12OS/c14-13-6-4-11(5-7-13)2-1-3-12-8-9-15-10-12/h1-2,4-10,14H,3H2. The molecule has 1 heterocycles. The third-order valence-corrected chi connectivity index (χ3v) is 2.87. The summed E-state index contributed by atoms with van der Waals surface area (Å²) in [5.41, 5.74) is 2.46. The first-order valence-electron chi connectivity index (χ1n) is 4.81. The van der Waals surface area contributed by atoms with Gasteiger partial charge in [-0.05, 0) is 46.5 Å². The summed E-state index contributed by atoms with van der Waals surface area (Å²) in [5.74, 6) is 0.310. The number of benzene rings is 1. The van der Waals surface area contributed by atoms with Crippen LogP contribution in [-0.2, 0) is 6.42 Å². The summed E-state index contributed by atoms with van der Waals surface area (Å²) in [7, 11) is 0. The number of allylic oxidation sites excluding steroid dienone is 1. The van der Waals surface area contributed by atoms with Crippen molar-refractivity contribution < 1.29 is 5.11 Å². The van der Waals surface area contributed by atoms with Crippen LogP contribution in [0.1, 0.15) is 11.1 Å². The van der Waals surface area contributed by atoms with Crippen LogP contribution in [0.15, 0.2) is 47.2 Å². The molecular weight excluding hydrogens is 204 g/mol. The van der Waals surface area contributed by atoms with Crippen molar-refractivity contribution in [2.24, 2.45) is 0 Å². The zero-order valence-corrected chi connectivity index (χ0v) is 9.08. The van der Waals surface area contributed by atoms with Crippen LogP contribution in [0.25, 0.3) is 6.08 Å². The number of thiophene rings is 1. The van der Waals surface area contributed by atoms with E-state index in [9.17, 15) is 0 Å². The highest BCUT2D eigenvalue weighted by atomic mass is 32.1. The Balaban J connectivity index is 1.97. The molecule has 0 saturated heterocycles. The molecule has 0 radical (unpaired) electrons. The fourth-order valence-corrected chi connectivity index (χ4v) is 2.01. The maximum absolute atomic E-state index is 9.11. The lowest BCUT2D eigenvalue weighted by molar-refractivity contribution is 0.475. The zero-order chi connectivity index (χ0) is 10.5. The van der Waals surface area contributed by atoms with Crippen molar-refractivity contribution in [1.82, 2.24) is 0 Å². The Morgan fingerprint density at radius 2 is 1.93 bits per heavy atom. The highest BCUT2D eigenvalue weighted by Crippen LogP contribution is 2.12.